The molecule has 6 nitrogen and oxygen atoms in total. The van der Waals surface area contributed by atoms with Gasteiger partial charge in [0.15, 0.2) is 0 Å². The Labute approximate surface area is 142 Å². The van der Waals surface area contributed by atoms with Crippen molar-refractivity contribution in [1.82, 2.24) is 10.3 Å². The van der Waals surface area contributed by atoms with Crippen LogP contribution in [0.4, 0.5) is 5.69 Å². The van der Waals surface area contributed by atoms with Crippen molar-refractivity contribution in [2.75, 3.05) is 37.9 Å². The Morgan fingerprint density at radius 3 is 3.04 bits per heavy atom. The Morgan fingerprint density at radius 1 is 1.48 bits per heavy atom. The Morgan fingerprint density at radius 2 is 2.30 bits per heavy atom. The molecule has 23 heavy (non-hydrogen) atoms. The molecule has 3 rings (SSSR count). The highest BCUT2D eigenvalue weighted by molar-refractivity contribution is 8.15. The molecule has 0 aliphatic carbocycles. The summed E-state index contributed by atoms with van der Waals surface area (Å²) < 4.78 is 1.11. The van der Waals surface area contributed by atoms with Crippen LogP contribution >= 0.6 is 23.1 Å². The van der Waals surface area contributed by atoms with Gasteiger partial charge in [-0.05, 0) is 18.2 Å². The second-order valence-electron chi connectivity index (χ2n) is 5.34. The van der Waals surface area contributed by atoms with Crippen molar-refractivity contribution in [3.8, 4) is 0 Å². The number of rotatable bonds is 5. The zero-order chi connectivity index (χ0) is 16.4. The molecule has 1 aliphatic rings. The fourth-order valence-electron chi connectivity index (χ4n) is 2.21. The first-order valence-electron chi connectivity index (χ1n) is 7.26. The molecule has 1 atom stereocenters. The van der Waals surface area contributed by atoms with E-state index in [2.05, 4.69) is 26.3 Å². The predicted molar refractivity (Wildman–Crippen MR) is 96.8 cm³/mol. The van der Waals surface area contributed by atoms with Gasteiger partial charge >= 0.3 is 0 Å². The minimum absolute atomic E-state index is 0.0613. The third kappa shape index (κ3) is 3.49. The van der Waals surface area contributed by atoms with Gasteiger partial charge in [0, 0.05) is 32.1 Å². The molecule has 1 aliphatic heterocycles. The maximum Gasteiger partial charge on any atom is 0.245 e. The van der Waals surface area contributed by atoms with Gasteiger partial charge in [-0.15, -0.1) is 23.1 Å². The lowest BCUT2D eigenvalue weighted by Crippen LogP contribution is -2.35. The summed E-state index contributed by atoms with van der Waals surface area (Å²) in [4.78, 5) is 23.1. The van der Waals surface area contributed by atoms with Crippen molar-refractivity contribution >= 4 is 50.0 Å². The van der Waals surface area contributed by atoms with Gasteiger partial charge in [-0.1, -0.05) is 0 Å². The van der Waals surface area contributed by atoms with Gasteiger partial charge < -0.3 is 15.3 Å². The summed E-state index contributed by atoms with van der Waals surface area (Å²) in [6.07, 6.45) is 0. The van der Waals surface area contributed by atoms with Crippen LogP contribution in [0.1, 0.15) is 5.01 Å². The maximum atomic E-state index is 11.9. The van der Waals surface area contributed by atoms with E-state index in [0.29, 0.717) is 5.75 Å². The smallest absolute Gasteiger partial charge is 0.245 e. The van der Waals surface area contributed by atoms with Crippen LogP contribution in [-0.2, 0) is 4.79 Å². The topological polar surface area (TPSA) is 77.8 Å². The summed E-state index contributed by atoms with van der Waals surface area (Å²) >= 11 is 3.15. The second-order valence-corrected chi connectivity index (χ2v) is 7.38. The van der Waals surface area contributed by atoms with E-state index in [1.54, 1.807) is 23.1 Å². The number of fused-ring (bicyclic) bond motifs is 1. The molecule has 1 unspecified atom stereocenters. The Bertz CT molecular complexity index is 757. The Hall–Kier alpha value is -1.64. The number of aromatic nitrogens is 1. The quantitative estimate of drug-likeness (QED) is 0.851. The van der Waals surface area contributed by atoms with Gasteiger partial charge in [-0.25, -0.2) is 4.98 Å². The molecule has 122 valence electrons. The normalized spacial score (nSPS) is 17.3. The molecule has 8 heteroatoms. The lowest BCUT2D eigenvalue weighted by Gasteiger charge is -2.11. The molecule has 1 amide bonds. The van der Waals surface area contributed by atoms with Gasteiger partial charge in [0.25, 0.3) is 0 Å². The van der Waals surface area contributed by atoms with Gasteiger partial charge in [0.2, 0.25) is 5.91 Å². The van der Waals surface area contributed by atoms with Gasteiger partial charge in [-0.2, -0.15) is 0 Å². The number of benzene rings is 1. The summed E-state index contributed by atoms with van der Waals surface area (Å²) in [5.41, 5.74) is 2.09. The number of nitrogens with zero attached hydrogens (tertiary/aromatic N) is 3. The van der Waals surface area contributed by atoms with Crippen molar-refractivity contribution in [3.63, 3.8) is 0 Å². The van der Waals surface area contributed by atoms with Crippen molar-refractivity contribution in [1.29, 1.82) is 0 Å². The number of aliphatic hydroxyl groups is 1. The number of hydrogen-bond acceptors (Lipinski definition) is 7. The number of thiazole rings is 1. The molecule has 0 radical (unpaired) electrons. The van der Waals surface area contributed by atoms with E-state index < -0.39 is 6.04 Å². The van der Waals surface area contributed by atoms with Gasteiger partial charge in [0.1, 0.15) is 16.1 Å². The average Bonchev–Trinajstić information content (AvgIpc) is 3.17. The SMILES string of the molecule is CN(C)c1ccc2nc(C3=NC(C(=O)NCCO)CS3)sc2c1. The summed E-state index contributed by atoms with van der Waals surface area (Å²) in [5.74, 6) is 0.475. The van der Waals surface area contributed by atoms with E-state index in [9.17, 15) is 4.79 Å². The monoisotopic (exact) mass is 350 g/mol. The molecule has 0 saturated carbocycles. The van der Waals surface area contributed by atoms with Crippen LogP contribution in [0.25, 0.3) is 10.2 Å². The van der Waals surface area contributed by atoms with E-state index in [1.807, 2.05) is 26.2 Å². The van der Waals surface area contributed by atoms with E-state index in [-0.39, 0.29) is 19.1 Å². The number of aliphatic imine (C=N–C) groups is 1. The molecule has 2 heterocycles. The average molecular weight is 350 g/mol. The molecule has 2 N–H and O–H groups in total. The molecule has 1 aromatic carbocycles. The standard InChI is InChI=1S/C15H18N4O2S2/c1-19(2)9-3-4-10-12(7-9)23-15(17-10)14-18-11(8-22-14)13(21)16-5-6-20/h3-4,7,11,20H,5-6,8H2,1-2H3,(H,16,21). The number of nitrogens with one attached hydrogen (secondary N) is 1. The predicted octanol–water partition coefficient (Wildman–Crippen LogP) is 1.33. The fourth-order valence-corrected chi connectivity index (χ4v) is 4.31. The van der Waals surface area contributed by atoms with Gasteiger partial charge in [-0.3, -0.25) is 9.79 Å². The lowest BCUT2D eigenvalue weighted by molar-refractivity contribution is -0.121. The van der Waals surface area contributed by atoms with Crippen LogP contribution in [0.3, 0.4) is 0 Å². The van der Waals surface area contributed by atoms with Crippen LogP contribution < -0.4 is 10.2 Å². The summed E-state index contributed by atoms with van der Waals surface area (Å²) in [6.45, 7) is 0.202. The first-order chi connectivity index (χ1) is 11.1. The number of carbonyl (C=O) groups is 1. The third-order valence-corrected chi connectivity index (χ3v) is 5.64. The zero-order valence-electron chi connectivity index (χ0n) is 12.9. The van der Waals surface area contributed by atoms with Crippen molar-refractivity contribution < 1.29 is 9.90 Å². The summed E-state index contributed by atoms with van der Waals surface area (Å²) in [5, 5.41) is 13.1. The molecule has 0 saturated heterocycles. The molecule has 2 aromatic rings. The Kier molecular flexibility index (Phi) is 4.84. The molecular weight excluding hydrogens is 332 g/mol. The largest absolute Gasteiger partial charge is 0.395 e. The van der Waals surface area contributed by atoms with E-state index in [0.717, 1.165) is 26.0 Å². The maximum absolute atomic E-state index is 11.9. The fraction of sp³-hybridized carbons (Fsp3) is 0.400. The highest BCUT2D eigenvalue weighted by Gasteiger charge is 2.27. The number of hydrogen-bond donors (Lipinski definition) is 2. The second kappa shape index (κ2) is 6.86. The first-order valence-corrected chi connectivity index (χ1v) is 9.06. The van der Waals surface area contributed by atoms with Crippen LogP contribution in [0, 0.1) is 0 Å². The number of thioether (sulfide) groups is 1. The molecule has 0 bridgehead atoms. The molecule has 1 aromatic heterocycles. The highest BCUT2D eigenvalue weighted by Crippen LogP contribution is 2.31. The van der Waals surface area contributed by atoms with Crippen molar-refractivity contribution in [2.24, 2.45) is 4.99 Å². The van der Waals surface area contributed by atoms with Gasteiger partial charge in [0.05, 0.1) is 16.8 Å². The lowest BCUT2D eigenvalue weighted by atomic mass is 10.3. The third-order valence-electron chi connectivity index (χ3n) is 3.44. The molecule has 0 spiro atoms. The minimum atomic E-state index is -0.397. The van der Waals surface area contributed by atoms with E-state index in [4.69, 9.17) is 5.11 Å². The van der Waals surface area contributed by atoms with Crippen LogP contribution in [0.5, 0.6) is 0 Å². The number of amides is 1. The van der Waals surface area contributed by atoms with Crippen LogP contribution in [-0.4, -0.2) is 60.1 Å². The summed E-state index contributed by atoms with van der Waals surface area (Å²) in [6, 6.07) is 5.77. The summed E-state index contributed by atoms with van der Waals surface area (Å²) in [7, 11) is 4.02. The number of anilines is 1. The Balaban J connectivity index is 1.81. The number of aliphatic hydroxyl groups excluding tert-OH is 1. The minimum Gasteiger partial charge on any atom is -0.395 e. The zero-order valence-corrected chi connectivity index (χ0v) is 14.6. The highest BCUT2D eigenvalue weighted by atomic mass is 32.2. The van der Waals surface area contributed by atoms with Crippen LogP contribution in [0.2, 0.25) is 0 Å². The van der Waals surface area contributed by atoms with Crippen LogP contribution in [0.15, 0.2) is 23.2 Å². The van der Waals surface area contributed by atoms with E-state index in [1.165, 1.54) is 0 Å². The first kappa shape index (κ1) is 16.2. The van der Waals surface area contributed by atoms with Crippen molar-refractivity contribution in [2.45, 2.75) is 6.04 Å². The molecular formula is C15H18N4O2S2. The number of carbonyl (C=O) groups excluding carboxylic acids is 1. The molecule has 0 fully saturated rings. The van der Waals surface area contributed by atoms with E-state index >= 15 is 0 Å². The van der Waals surface area contributed by atoms with Crippen molar-refractivity contribution in [3.05, 3.63) is 23.2 Å².